The van der Waals surface area contributed by atoms with Gasteiger partial charge in [0.2, 0.25) is 0 Å². The Morgan fingerprint density at radius 3 is 2.60 bits per heavy atom. The van der Waals surface area contributed by atoms with E-state index in [1.807, 2.05) is 0 Å². The third-order valence-electron chi connectivity index (χ3n) is 1.33. The van der Waals surface area contributed by atoms with Crippen LogP contribution < -0.4 is 0 Å². The summed E-state index contributed by atoms with van der Waals surface area (Å²) in [6, 6.07) is 7.80. The molecule has 1 aromatic rings. The van der Waals surface area contributed by atoms with Crippen molar-refractivity contribution >= 4 is 48.8 Å². The van der Waals surface area contributed by atoms with Gasteiger partial charge >= 0.3 is 0 Å². The summed E-state index contributed by atoms with van der Waals surface area (Å²) in [4.78, 5) is 0. The maximum atomic E-state index is 3.46. The molecular formula is C7H8BrISi. The molecule has 0 unspecified atom stereocenters. The lowest BCUT2D eigenvalue weighted by Crippen LogP contribution is -1.84. The summed E-state index contributed by atoms with van der Waals surface area (Å²) >= 11 is 5.80. The van der Waals surface area contributed by atoms with E-state index >= 15 is 0 Å². The van der Waals surface area contributed by atoms with Crippen LogP contribution in [0, 0.1) is 3.57 Å². The Morgan fingerprint density at radius 2 is 2.10 bits per heavy atom. The molecule has 0 nitrogen and oxygen atoms in total. The SMILES string of the molecule is [SiH3]Cc1cc(Br)cc(I)c1. The van der Waals surface area contributed by atoms with E-state index in [1.165, 1.54) is 29.9 Å². The van der Waals surface area contributed by atoms with Crippen LogP contribution in [0.15, 0.2) is 22.7 Å². The maximum Gasteiger partial charge on any atom is 0.0188 e. The van der Waals surface area contributed by atoms with Crippen molar-refractivity contribution in [2.45, 2.75) is 6.04 Å². The summed E-state index contributed by atoms with van der Waals surface area (Å²) < 4.78 is 2.52. The number of halogens is 2. The monoisotopic (exact) mass is 326 g/mol. The van der Waals surface area contributed by atoms with Crippen LogP contribution in [-0.4, -0.2) is 10.2 Å². The lowest BCUT2D eigenvalue weighted by molar-refractivity contribution is 1.37. The van der Waals surface area contributed by atoms with Gasteiger partial charge in [-0.25, -0.2) is 0 Å². The molecule has 10 heavy (non-hydrogen) atoms. The highest BCUT2D eigenvalue weighted by atomic mass is 127. The van der Waals surface area contributed by atoms with E-state index in [4.69, 9.17) is 0 Å². The molecule has 0 fully saturated rings. The van der Waals surface area contributed by atoms with Crippen LogP contribution in [0.25, 0.3) is 0 Å². The van der Waals surface area contributed by atoms with E-state index < -0.39 is 0 Å². The largest absolute Gasteiger partial charge is 0.0508 e. The third kappa shape index (κ3) is 2.36. The Balaban J connectivity index is 3.06. The van der Waals surface area contributed by atoms with Crippen molar-refractivity contribution in [2.75, 3.05) is 0 Å². The Hall–Kier alpha value is 0.647. The lowest BCUT2D eigenvalue weighted by atomic mass is 10.2. The molecular weight excluding hydrogens is 319 g/mol. The number of hydrogen-bond acceptors (Lipinski definition) is 0. The molecule has 1 aromatic carbocycles. The number of hydrogen-bond donors (Lipinski definition) is 0. The summed E-state index contributed by atoms with van der Waals surface area (Å²) in [5.74, 6) is 0. The van der Waals surface area contributed by atoms with Crippen molar-refractivity contribution < 1.29 is 0 Å². The highest BCUT2D eigenvalue weighted by molar-refractivity contribution is 14.1. The predicted octanol–water partition coefficient (Wildman–Crippen LogP) is 1.92. The van der Waals surface area contributed by atoms with Crippen molar-refractivity contribution in [1.82, 2.24) is 0 Å². The molecule has 0 heterocycles. The molecule has 0 saturated carbocycles. The first-order valence-electron chi connectivity index (χ1n) is 3.17. The highest BCUT2D eigenvalue weighted by Gasteiger charge is 1.93. The molecule has 0 N–H and O–H groups in total. The van der Waals surface area contributed by atoms with Crippen molar-refractivity contribution in [2.24, 2.45) is 0 Å². The standard InChI is InChI=1S/C7H8BrISi/c8-6-1-5(4-10)2-7(9)3-6/h1-3H,4H2,10H3. The Bertz CT molecular complexity index is 217. The Labute approximate surface area is 86.1 Å². The van der Waals surface area contributed by atoms with Crippen molar-refractivity contribution in [1.29, 1.82) is 0 Å². The second kappa shape index (κ2) is 3.87. The third-order valence-corrected chi connectivity index (χ3v) is 3.23. The number of rotatable bonds is 1. The molecule has 0 aliphatic rings. The second-order valence-corrected chi connectivity index (χ2v) is 5.00. The van der Waals surface area contributed by atoms with Gasteiger partial charge in [0.1, 0.15) is 0 Å². The maximum absolute atomic E-state index is 3.46. The fourth-order valence-electron chi connectivity index (χ4n) is 0.815. The van der Waals surface area contributed by atoms with Crippen LogP contribution in [0.1, 0.15) is 5.56 Å². The molecule has 0 atom stereocenters. The van der Waals surface area contributed by atoms with Gasteiger partial charge in [-0.05, 0) is 52.4 Å². The van der Waals surface area contributed by atoms with Crippen LogP contribution in [0.4, 0.5) is 0 Å². The molecule has 0 aliphatic carbocycles. The minimum Gasteiger partial charge on any atom is -0.0508 e. The molecule has 0 radical (unpaired) electrons. The molecule has 0 amide bonds. The average Bonchev–Trinajstić information content (AvgIpc) is 1.85. The highest BCUT2D eigenvalue weighted by Crippen LogP contribution is 2.16. The lowest BCUT2D eigenvalue weighted by Gasteiger charge is -1.98. The summed E-state index contributed by atoms with van der Waals surface area (Å²) in [7, 11) is 1.25. The van der Waals surface area contributed by atoms with E-state index in [0.29, 0.717) is 0 Å². The molecule has 3 heteroatoms. The van der Waals surface area contributed by atoms with E-state index in [0.717, 1.165) is 0 Å². The minimum absolute atomic E-state index is 1.20. The first-order chi connectivity index (χ1) is 4.72. The zero-order valence-corrected chi connectivity index (χ0v) is 11.4. The van der Waals surface area contributed by atoms with Crippen LogP contribution in [0.3, 0.4) is 0 Å². The van der Waals surface area contributed by atoms with Crippen LogP contribution in [0.5, 0.6) is 0 Å². The zero-order chi connectivity index (χ0) is 7.56. The van der Waals surface area contributed by atoms with Gasteiger partial charge in [-0.3, -0.25) is 0 Å². The van der Waals surface area contributed by atoms with E-state index in [2.05, 4.69) is 56.7 Å². The Kier molecular flexibility index (Phi) is 3.39. The van der Waals surface area contributed by atoms with E-state index in [9.17, 15) is 0 Å². The van der Waals surface area contributed by atoms with Crippen LogP contribution in [0.2, 0.25) is 0 Å². The smallest absolute Gasteiger partial charge is 0.0188 e. The van der Waals surface area contributed by atoms with Crippen molar-refractivity contribution in [3.05, 3.63) is 31.8 Å². The van der Waals surface area contributed by atoms with Gasteiger partial charge in [0.25, 0.3) is 0 Å². The van der Waals surface area contributed by atoms with Gasteiger partial charge < -0.3 is 0 Å². The normalized spacial score (nSPS) is 10.2. The van der Waals surface area contributed by atoms with Crippen molar-refractivity contribution in [3.8, 4) is 0 Å². The van der Waals surface area contributed by atoms with Gasteiger partial charge in [0, 0.05) is 18.3 Å². The Morgan fingerprint density at radius 1 is 1.40 bits per heavy atom. The number of benzene rings is 1. The zero-order valence-electron chi connectivity index (χ0n) is 5.70. The molecule has 0 spiro atoms. The predicted molar refractivity (Wildman–Crippen MR) is 60.5 cm³/mol. The van der Waals surface area contributed by atoms with Crippen molar-refractivity contribution in [3.63, 3.8) is 0 Å². The van der Waals surface area contributed by atoms with Gasteiger partial charge in [0.05, 0.1) is 0 Å². The summed E-state index contributed by atoms with van der Waals surface area (Å²) in [6.45, 7) is 0. The summed E-state index contributed by atoms with van der Waals surface area (Å²) in [6.07, 6.45) is 0. The fourth-order valence-corrected chi connectivity index (χ4v) is 2.93. The molecule has 0 aliphatic heterocycles. The first kappa shape index (κ1) is 8.74. The molecule has 1 rings (SSSR count). The first-order valence-corrected chi connectivity index (χ1v) is 6.46. The van der Waals surface area contributed by atoms with Gasteiger partial charge in [-0.2, -0.15) is 0 Å². The quantitative estimate of drug-likeness (QED) is 0.546. The van der Waals surface area contributed by atoms with Gasteiger partial charge in [-0.15, -0.1) is 0 Å². The minimum atomic E-state index is 1.20. The molecule has 54 valence electrons. The molecule has 0 aromatic heterocycles. The van der Waals surface area contributed by atoms with Gasteiger partial charge in [0.15, 0.2) is 0 Å². The summed E-state index contributed by atoms with van der Waals surface area (Å²) in [5.41, 5.74) is 1.45. The van der Waals surface area contributed by atoms with E-state index in [1.54, 1.807) is 0 Å². The fraction of sp³-hybridized carbons (Fsp3) is 0.143. The van der Waals surface area contributed by atoms with Crippen LogP contribution >= 0.6 is 38.5 Å². The topological polar surface area (TPSA) is 0 Å². The molecule has 0 saturated heterocycles. The second-order valence-electron chi connectivity index (χ2n) is 2.13. The average molecular weight is 327 g/mol. The van der Waals surface area contributed by atoms with E-state index in [-0.39, 0.29) is 0 Å². The molecule has 0 bridgehead atoms. The van der Waals surface area contributed by atoms with Gasteiger partial charge in [-0.1, -0.05) is 15.9 Å². The summed E-state index contributed by atoms with van der Waals surface area (Å²) in [5, 5.41) is 0. The van der Waals surface area contributed by atoms with Crippen LogP contribution in [-0.2, 0) is 6.04 Å².